The Morgan fingerprint density at radius 2 is 2.29 bits per heavy atom. The summed E-state index contributed by atoms with van der Waals surface area (Å²) < 4.78 is 4.83. The van der Waals surface area contributed by atoms with E-state index in [1.165, 1.54) is 13.3 Å². The second-order valence-electron chi connectivity index (χ2n) is 2.85. The maximum absolute atomic E-state index is 11.4. The third-order valence-corrected chi connectivity index (χ3v) is 1.52. The number of oxazole rings is 1. The fourth-order valence-electron chi connectivity index (χ4n) is 0.890. The molecule has 0 aromatic carbocycles. The fourth-order valence-corrected chi connectivity index (χ4v) is 0.890. The van der Waals surface area contributed by atoms with Gasteiger partial charge in [0.1, 0.15) is 12.8 Å². The van der Waals surface area contributed by atoms with Crippen molar-refractivity contribution in [2.24, 2.45) is 0 Å². The summed E-state index contributed by atoms with van der Waals surface area (Å²) >= 11 is 0. The Labute approximate surface area is 80.1 Å². The van der Waals surface area contributed by atoms with Gasteiger partial charge in [0, 0.05) is 7.05 Å². The first-order chi connectivity index (χ1) is 6.50. The predicted molar refractivity (Wildman–Crippen MR) is 45.8 cm³/mol. The van der Waals surface area contributed by atoms with Crippen LogP contribution in [0.1, 0.15) is 16.4 Å². The SMILES string of the molecule is Cc1coc(C(=O)N(C)CC(=O)O)n1. The molecule has 0 saturated heterocycles. The van der Waals surface area contributed by atoms with Crippen molar-refractivity contribution >= 4 is 11.9 Å². The molecule has 14 heavy (non-hydrogen) atoms. The highest BCUT2D eigenvalue weighted by Crippen LogP contribution is 2.03. The van der Waals surface area contributed by atoms with E-state index in [0.717, 1.165) is 4.90 Å². The Balaban J connectivity index is 2.70. The van der Waals surface area contributed by atoms with Crippen LogP contribution in [-0.4, -0.2) is 40.5 Å². The van der Waals surface area contributed by atoms with Crippen LogP contribution in [0, 0.1) is 6.92 Å². The molecule has 0 aliphatic heterocycles. The van der Waals surface area contributed by atoms with Crippen LogP contribution < -0.4 is 0 Å². The summed E-state index contributed by atoms with van der Waals surface area (Å²) in [4.78, 5) is 26.5. The minimum Gasteiger partial charge on any atom is -0.480 e. The summed E-state index contributed by atoms with van der Waals surface area (Å²) in [6, 6.07) is 0. The molecule has 1 heterocycles. The van der Waals surface area contributed by atoms with Gasteiger partial charge in [0.25, 0.3) is 5.89 Å². The van der Waals surface area contributed by atoms with E-state index in [2.05, 4.69) is 4.98 Å². The first-order valence-electron chi connectivity index (χ1n) is 3.90. The van der Waals surface area contributed by atoms with Gasteiger partial charge in [0.2, 0.25) is 0 Å². The average molecular weight is 198 g/mol. The zero-order valence-electron chi connectivity index (χ0n) is 7.85. The third kappa shape index (κ3) is 2.32. The summed E-state index contributed by atoms with van der Waals surface area (Å²) in [5.74, 6) is -1.71. The standard InChI is InChI=1S/C8H10N2O4/c1-5-4-14-7(9-5)8(13)10(2)3-6(11)12/h4H,3H2,1-2H3,(H,11,12). The van der Waals surface area contributed by atoms with Crippen LogP contribution in [0.15, 0.2) is 10.7 Å². The van der Waals surface area contributed by atoms with Gasteiger partial charge in [-0.3, -0.25) is 9.59 Å². The zero-order chi connectivity index (χ0) is 10.7. The Kier molecular flexibility index (Phi) is 2.85. The van der Waals surface area contributed by atoms with Crippen molar-refractivity contribution in [3.63, 3.8) is 0 Å². The van der Waals surface area contributed by atoms with Crippen molar-refractivity contribution in [2.45, 2.75) is 6.92 Å². The van der Waals surface area contributed by atoms with Crippen LogP contribution in [0.4, 0.5) is 0 Å². The van der Waals surface area contributed by atoms with Crippen LogP contribution in [0.2, 0.25) is 0 Å². The minimum absolute atomic E-state index is 0.0914. The van der Waals surface area contributed by atoms with E-state index in [1.54, 1.807) is 6.92 Å². The number of amides is 1. The van der Waals surface area contributed by atoms with Crippen LogP contribution in [0.5, 0.6) is 0 Å². The van der Waals surface area contributed by atoms with E-state index in [4.69, 9.17) is 9.52 Å². The number of aliphatic carboxylic acids is 1. The summed E-state index contributed by atoms with van der Waals surface area (Å²) in [6.45, 7) is 1.30. The Morgan fingerprint density at radius 1 is 1.64 bits per heavy atom. The van der Waals surface area contributed by atoms with Gasteiger partial charge in [-0.25, -0.2) is 4.98 Å². The molecule has 0 aliphatic carbocycles. The van der Waals surface area contributed by atoms with Crippen LogP contribution in [-0.2, 0) is 4.79 Å². The van der Waals surface area contributed by atoms with Crippen molar-refractivity contribution < 1.29 is 19.1 Å². The van der Waals surface area contributed by atoms with E-state index in [1.807, 2.05) is 0 Å². The number of rotatable bonds is 3. The Morgan fingerprint density at radius 3 is 2.71 bits per heavy atom. The van der Waals surface area contributed by atoms with Crippen molar-refractivity contribution in [2.75, 3.05) is 13.6 Å². The number of carbonyl (C=O) groups excluding carboxylic acids is 1. The van der Waals surface area contributed by atoms with Gasteiger partial charge in [0.15, 0.2) is 0 Å². The molecule has 0 fully saturated rings. The average Bonchev–Trinajstić information content (AvgIpc) is 2.49. The number of nitrogens with zero attached hydrogens (tertiary/aromatic N) is 2. The molecule has 0 radical (unpaired) electrons. The van der Waals surface area contributed by atoms with E-state index in [-0.39, 0.29) is 12.4 Å². The molecule has 1 aromatic rings. The van der Waals surface area contributed by atoms with Crippen LogP contribution in [0.3, 0.4) is 0 Å². The van der Waals surface area contributed by atoms with Crippen LogP contribution in [0.25, 0.3) is 0 Å². The molecule has 0 aliphatic rings. The number of aromatic nitrogens is 1. The number of hydrogen-bond donors (Lipinski definition) is 1. The number of hydrogen-bond acceptors (Lipinski definition) is 4. The Bertz CT molecular complexity index is 358. The number of likely N-dealkylation sites (N-methyl/N-ethyl adjacent to an activating group) is 1. The van der Waals surface area contributed by atoms with E-state index < -0.39 is 11.9 Å². The first-order valence-corrected chi connectivity index (χ1v) is 3.90. The van der Waals surface area contributed by atoms with Crippen LogP contribution >= 0.6 is 0 Å². The summed E-state index contributed by atoms with van der Waals surface area (Å²) in [7, 11) is 1.37. The highest BCUT2D eigenvalue weighted by Gasteiger charge is 2.18. The summed E-state index contributed by atoms with van der Waals surface area (Å²) in [6.07, 6.45) is 1.34. The molecule has 6 heteroatoms. The minimum atomic E-state index is -1.08. The lowest BCUT2D eigenvalue weighted by molar-refractivity contribution is -0.137. The molecular weight excluding hydrogens is 188 g/mol. The second kappa shape index (κ2) is 3.91. The van der Waals surface area contributed by atoms with Gasteiger partial charge in [-0.2, -0.15) is 0 Å². The van der Waals surface area contributed by atoms with Crippen molar-refractivity contribution in [3.05, 3.63) is 17.8 Å². The van der Waals surface area contributed by atoms with Gasteiger partial charge in [0.05, 0.1) is 5.69 Å². The topological polar surface area (TPSA) is 83.6 Å². The monoisotopic (exact) mass is 198 g/mol. The number of aryl methyl sites for hydroxylation is 1. The predicted octanol–water partition coefficient (Wildman–Crippen LogP) is 0.140. The molecule has 76 valence electrons. The number of carboxylic acids is 1. The molecule has 1 rings (SSSR count). The van der Waals surface area contributed by atoms with Crippen molar-refractivity contribution in [1.29, 1.82) is 0 Å². The third-order valence-electron chi connectivity index (χ3n) is 1.52. The Hall–Kier alpha value is -1.85. The van der Waals surface area contributed by atoms with E-state index >= 15 is 0 Å². The maximum Gasteiger partial charge on any atom is 0.323 e. The fraction of sp³-hybridized carbons (Fsp3) is 0.375. The maximum atomic E-state index is 11.4. The largest absolute Gasteiger partial charge is 0.480 e. The van der Waals surface area contributed by atoms with E-state index in [9.17, 15) is 9.59 Å². The molecule has 0 bridgehead atoms. The molecule has 1 aromatic heterocycles. The molecule has 0 saturated carbocycles. The lowest BCUT2D eigenvalue weighted by atomic mass is 10.5. The molecule has 0 unspecified atom stereocenters. The lowest BCUT2D eigenvalue weighted by Gasteiger charge is -2.10. The van der Waals surface area contributed by atoms with Gasteiger partial charge >= 0.3 is 11.9 Å². The normalized spacial score (nSPS) is 9.86. The molecule has 6 nitrogen and oxygen atoms in total. The summed E-state index contributed by atoms with van der Waals surface area (Å²) in [5, 5.41) is 8.44. The van der Waals surface area contributed by atoms with Gasteiger partial charge in [-0.15, -0.1) is 0 Å². The summed E-state index contributed by atoms with van der Waals surface area (Å²) in [5.41, 5.74) is 0.581. The second-order valence-corrected chi connectivity index (χ2v) is 2.85. The quantitative estimate of drug-likeness (QED) is 0.746. The van der Waals surface area contributed by atoms with Crippen molar-refractivity contribution in [1.82, 2.24) is 9.88 Å². The highest BCUT2D eigenvalue weighted by molar-refractivity contribution is 5.91. The molecular formula is C8H10N2O4. The lowest BCUT2D eigenvalue weighted by Crippen LogP contribution is -2.32. The molecule has 1 amide bonds. The first kappa shape index (κ1) is 10.2. The molecule has 0 atom stereocenters. The van der Waals surface area contributed by atoms with E-state index in [0.29, 0.717) is 5.69 Å². The highest BCUT2D eigenvalue weighted by atomic mass is 16.4. The smallest absolute Gasteiger partial charge is 0.323 e. The zero-order valence-corrected chi connectivity index (χ0v) is 7.85. The van der Waals surface area contributed by atoms with Gasteiger partial charge < -0.3 is 14.4 Å². The van der Waals surface area contributed by atoms with Crippen molar-refractivity contribution in [3.8, 4) is 0 Å². The number of carbonyl (C=O) groups is 2. The number of carboxylic acid groups (broad SMARTS) is 1. The van der Waals surface area contributed by atoms with Gasteiger partial charge in [-0.1, -0.05) is 0 Å². The molecule has 1 N–H and O–H groups in total. The van der Waals surface area contributed by atoms with Gasteiger partial charge in [-0.05, 0) is 6.92 Å². The molecule has 0 spiro atoms.